The number of ether oxygens (including phenoxy) is 8. The number of carbonyl (C=O) groups excluding carboxylic acids is 5. The summed E-state index contributed by atoms with van der Waals surface area (Å²) >= 11 is 14.4. The minimum Gasteiger partial charge on any atom is -0.458 e. The predicted octanol–water partition coefficient (Wildman–Crippen LogP) is -2.57. The highest BCUT2D eigenvalue weighted by atomic mass is 32.1. The van der Waals surface area contributed by atoms with Crippen LogP contribution in [0.1, 0.15) is 82.3 Å². The van der Waals surface area contributed by atoms with E-state index in [0.717, 1.165) is 4.57 Å². The number of aliphatic hydroxyl groups is 8. The fourth-order valence-corrected chi connectivity index (χ4v) is 9.28. The molecule has 20 N–H and O–H groups in total. The van der Waals surface area contributed by atoms with Crippen LogP contribution in [0.25, 0.3) is 0 Å². The molecule has 5 aliphatic rings. The quantitative estimate of drug-likeness (QED) is 0.0239. The highest BCUT2D eigenvalue weighted by Crippen LogP contribution is 2.42. The van der Waals surface area contributed by atoms with E-state index in [0.29, 0.717) is 38.8 Å². The van der Waals surface area contributed by atoms with E-state index < -0.39 is 245 Å². The van der Waals surface area contributed by atoms with Crippen molar-refractivity contribution in [1.82, 2.24) is 38.9 Å². The van der Waals surface area contributed by atoms with Crippen LogP contribution < -0.4 is 44.9 Å². The van der Waals surface area contributed by atoms with Gasteiger partial charge in [-0.05, 0) is 60.3 Å². The number of nitrogens with one attached hydrogen (secondary N) is 4. The number of alkyl halides is 4. The van der Waals surface area contributed by atoms with Gasteiger partial charge in [0.1, 0.15) is 78.8 Å². The van der Waals surface area contributed by atoms with Gasteiger partial charge >= 0.3 is 23.9 Å². The van der Waals surface area contributed by atoms with E-state index >= 15 is 8.78 Å². The third kappa shape index (κ3) is 19.9. The lowest BCUT2D eigenvalue weighted by atomic mass is 10.1. The highest BCUT2D eigenvalue weighted by Gasteiger charge is 2.61. The van der Waals surface area contributed by atoms with E-state index in [2.05, 4.69) is 25.5 Å². The summed E-state index contributed by atoms with van der Waals surface area (Å²) in [6.07, 6.45) is -26.3. The second-order valence-corrected chi connectivity index (χ2v) is 25.6. The summed E-state index contributed by atoms with van der Waals surface area (Å²) in [6, 6.07) is -4.72. The number of hydrogen-bond donors (Lipinski definition) is 16. The zero-order chi connectivity index (χ0) is 84.7. The summed E-state index contributed by atoms with van der Waals surface area (Å²) < 4.78 is 200. The molecule has 20 atom stereocenters. The Kier molecular flexibility index (Phi) is 26.2. The Morgan fingerprint density at radius 2 is 0.808 bits per heavy atom. The van der Waals surface area contributed by atoms with Crippen molar-refractivity contribution in [2.45, 2.75) is 177 Å². The van der Waals surface area contributed by atoms with Gasteiger partial charge in [-0.25, -0.2) is 17.6 Å². The van der Waals surface area contributed by atoms with Gasteiger partial charge in [0.05, 0.1) is 26.8 Å². The number of aromatic amines is 3. The number of hydrogen-bond acceptors (Lipinski definition) is 32. The zero-order valence-electron chi connectivity index (χ0n) is 61.3. The normalized spacial score (nSPS) is 33.2. The van der Waals surface area contributed by atoms with Gasteiger partial charge in [-0.1, -0.05) is 62.0 Å². The average molecular weight is 1570 g/mol. The molecule has 5 aliphatic heterocycles. The van der Waals surface area contributed by atoms with E-state index in [9.17, 15) is 106 Å². The zero-order valence-corrected chi connectivity index (χ0v) is 57.7. The molecule has 0 spiro atoms. The van der Waals surface area contributed by atoms with Crippen molar-refractivity contribution in [3.8, 4) is 0 Å². The molecule has 0 radical (unpaired) electrons. The molecular weight excluding hydrogens is 1480 g/mol. The molecule has 36 nitrogen and oxygen atoms in total. The fraction of sp³-hybridized carbons (Fsp3) is 0.632. The van der Waals surface area contributed by atoms with Gasteiger partial charge in [0.25, 0.3) is 46.0 Å². The van der Waals surface area contributed by atoms with Crippen LogP contribution in [0.5, 0.6) is 0 Å². The molecule has 8 heterocycles. The third-order valence-corrected chi connectivity index (χ3v) is 16.2. The first-order chi connectivity index (χ1) is 50.1. The van der Waals surface area contributed by atoms with Crippen LogP contribution in [0.4, 0.5) is 35.1 Å². The van der Waals surface area contributed by atoms with Crippen LogP contribution in [-0.4, -0.2) is 233 Å². The Bertz CT molecular complexity index is 4370. The maximum absolute atomic E-state index is 15.4. The number of aliphatic hydroxyl groups excluding tert-OH is 8. The predicted molar refractivity (Wildman–Crippen MR) is 340 cm³/mol. The first kappa shape index (κ1) is 77.8. The first-order valence-electron chi connectivity index (χ1n) is 33.1. The molecule has 8 rings (SSSR count). The minimum atomic E-state index is -3.97. The summed E-state index contributed by atoms with van der Waals surface area (Å²) in [5.41, 5.74) is 18.7. The maximum atomic E-state index is 15.4. The molecule has 0 saturated carbocycles. The fourth-order valence-electron chi connectivity index (χ4n) is 8.55. The van der Waals surface area contributed by atoms with Gasteiger partial charge in [0.15, 0.2) is 65.5 Å². The van der Waals surface area contributed by atoms with Gasteiger partial charge in [0.2, 0.25) is 23.3 Å². The van der Waals surface area contributed by atoms with Gasteiger partial charge in [-0.2, -0.15) is 17.6 Å². The van der Waals surface area contributed by atoms with E-state index in [4.69, 9.17) is 86.8 Å². The second-order valence-electron chi connectivity index (χ2n) is 24.4. The summed E-state index contributed by atoms with van der Waals surface area (Å²) in [7, 11) is 0. The molecule has 1 amide bonds. The SMILES string of the molecule is CC(C)[C@H](N)C(=O)OC[C@@]1(F)O[C@@H](n2cc(F)c(=O)[nH]c2=S)[C@H](O)[C@@H]1O.[2H]C([2H])(OC(=O)[C@@H](N)C(C)C)[C@@]1(F)O[C@@H](n2cc(F)c(=O)[nH]c2=S)[C@H](O)[C@@H]1O.[2H]C([2H])(OC(=O)[C@@H](N)C(C)C)[C@@]1(F)O[C@@]([2H])(N2C=C(F)C(=O)NC2=C)[C@H](O)[C@@H]1O.[2H][C@@]1(n2cc(F)c(=O)[nH]c2=S)O[C@](F)(COC(=O)[C@@H](N)C(C)C)[C@@H](O)[C@H]1O. The molecule has 0 unspecified atom stereocenters. The monoisotopic (exact) mass is 1570 g/mol. The van der Waals surface area contributed by atoms with Crippen molar-refractivity contribution in [3.05, 3.63) is 106 Å². The Morgan fingerprint density at radius 3 is 1.19 bits per heavy atom. The lowest BCUT2D eigenvalue weighted by Gasteiger charge is -2.33. The number of aromatic nitrogens is 6. The number of halogens is 8. The summed E-state index contributed by atoms with van der Waals surface area (Å²) in [5, 5.41) is 82.4. The van der Waals surface area contributed by atoms with E-state index in [-0.39, 0.29) is 16.6 Å². The van der Waals surface area contributed by atoms with Gasteiger partial charge in [-0.3, -0.25) is 67.0 Å². The molecule has 3 aromatic heterocycles. The number of rotatable bonds is 20. The average Bonchev–Trinajstić information content (AvgIpc) is 1.58. The molecule has 0 aromatic carbocycles. The Labute approximate surface area is 605 Å². The molecular formula is C57H78F8N12O24S3. The van der Waals surface area contributed by atoms with Gasteiger partial charge in [-0.15, -0.1) is 0 Å². The Balaban J connectivity index is 0.000000263. The van der Waals surface area contributed by atoms with Crippen LogP contribution in [-0.2, 0) is 61.9 Å². The molecule has 4 fully saturated rings. The molecule has 47 heteroatoms. The van der Waals surface area contributed by atoms with Crippen molar-refractivity contribution >= 4 is 66.4 Å². The summed E-state index contributed by atoms with van der Waals surface area (Å²) in [5.74, 6) is -27.3. The van der Waals surface area contributed by atoms with Crippen molar-refractivity contribution in [2.24, 2.45) is 46.6 Å². The van der Waals surface area contributed by atoms with Crippen LogP contribution in [0.2, 0.25) is 0 Å². The largest absolute Gasteiger partial charge is 0.458 e. The standard InChI is InChI=1S/C15H21F2N3O6.3C14H19F2N3O6S/c1-6(2)9(18)14(24)25-5-15(17)11(22)10(21)13(26-15)20-4-8(16)12(23)19-7(20)3;3*1-5(2)7(17)12(23)24-4-14(16)9(21)8(20)11(25-14)19-3-6(15)10(22)18-13(19)26/h4,6,9-11,13,21-22H,3,5,18H2,1-2H3,(H,19,23);3*3,5,7-9,11,20-21H,4,17H2,1-2H3,(H,18,22,26)/t9-,10+,11-,13+,15+;3*7-,8+,9-,11+,14+/m0000/s1/i5D2,13D;11D;4D2;. The number of carbonyl (C=O) groups is 5. The van der Waals surface area contributed by atoms with Crippen molar-refractivity contribution in [3.63, 3.8) is 0 Å². The topological polar surface area (TPSA) is 554 Å². The lowest BCUT2D eigenvalue weighted by molar-refractivity contribution is -0.219. The third-order valence-electron chi connectivity index (χ3n) is 15.3. The van der Waals surface area contributed by atoms with Gasteiger partial charge in [0, 0.05) is 6.20 Å². The Hall–Kier alpha value is -7.27. The number of nitrogens with two attached hydrogens (primary N) is 4. The highest BCUT2D eigenvalue weighted by molar-refractivity contribution is 7.71. The molecule has 0 bridgehead atoms. The number of nitrogens with zero attached hydrogens (tertiary/aromatic N) is 4. The van der Waals surface area contributed by atoms with Crippen LogP contribution in [0.3, 0.4) is 0 Å². The first-order valence-corrected chi connectivity index (χ1v) is 31.3. The van der Waals surface area contributed by atoms with E-state index in [1.54, 1.807) is 41.5 Å². The molecule has 3 aromatic rings. The molecule has 0 aliphatic carbocycles. The second kappa shape index (κ2) is 35.0. The maximum Gasteiger partial charge on any atom is 0.323 e. The number of amides is 1. The number of H-pyrrole nitrogens is 3. The lowest BCUT2D eigenvalue weighted by Crippen LogP contribution is -2.47. The molecule has 104 heavy (non-hydrogen) atoms. The van der Waals surface area contributed by atoms with Crippen molar-refractivity contribution in [1.29, 1.82) is 0 Å². The van der Waals surface area contributed by atoms with Crippen LogP contribution >= 0.6 is 36.7 Å². The van der Waals surface area contributed by atoms with Crippen LogP contribution in [0.15, 0.2) is 57.4 Å². The van der Waals surface area contributed by atoms with Gasteiger partial charge < -0.3 is 112 Å². The number of esters is 4. The van der Waals surface area contributed by atoms with E-state index in [1.165, 1.54) is 13.8 Å². The summed E-state index contributed by atoms with van der Waals surface area (Å²) in [4.78, 5) is 98.3. The van der Waals surface area contributed by atoms with Crippen molar-refractivity contribution < 1.29 is 146 Å². The Morgan fingerprint density at radius 1 is 0.519 bits per heavy atom. The smallest absolute Gasteiger partial charge is 0.323 e. The minimum absolute atomic E-state index is 0.270. The molecule has 4 saturated heterocycles. The van der Waals surface area contributed by atoms with Crippen molar-refractivity contribution in [2.75, 3.05) is 26.3 Å². The van der Waals surface area contributed by atoms with Crippen LogP contribution in [0, 0.1) is 55.4 Å². The molecule has 584 valence electrons. The summed E-state index contributed by atoms with van der Waals surface area (Å²) in [6.45, 7) is 6.44. The van der Waals surface area contributed by atoms with E-state index in [1.807, 2.05) is 20.3 Å².